The van der Waals surface area contributed by atoms with Gasteiger partial charge in [0.2, 0.25) is 5.91 Å². The molecule has 1 N–H and O–H groups in total. The fraction of sp³-hybridized carbons (Fsp3) is 0.333. The molecule has 0 saturated carbocycles. The molecular weight excluding hydrogens is 360 g/mol. The Hall–Kier alpha value is -2.92. The second kappa shape index (κ2) is 10.6. The zero-order valence-electron chi connectivity index (χ0n) is 17.3. The average Bonchev–Trinajstić information content (AvgIpc) is 3.18. The van der Waals surface area contributed by atoms with Crippen LogP contribution < -0.4 is 5.32 Å². The maximum Gasteiger partial charge on any atom is 0.241 e. The predicted molar refractivity (Wildman–Crippen MR) is 119 cm³/mol. The molecule has 0 fully saturated rings. The minimum absolute atomic E-state index is 0.00978. The van der Waals surface area contributed by atoms with Gasteiger partial charge in [0, 0.05) is 17.7 Å². The molecule has 2 aromatic carbocycles. The minimum Gasteiger partial charge on any atom is -0.354 e. The van der Waals surface area contributed by atoms with E-state index in [1.807, 2.05) is 42.6 Å². The van der Waals surface area contributed by atoms with Crippen molar-refractivity contribution >= 4 is 5.91 Å². The molecule has 0 saturated heterocycles. The number of rotatable bonds is 10. The SMILES string of the molecule is CCN(CC)CCCNC(=O)Cn1ncc(-c2ccccc2)c1-c1ccccc1. The molecule has 3 rings (SSSR count). The average molecular weight is 391 g/mol. The van der Waals surface area contributed by atoms with E-state index in [-0.39, 0.29) is 12.5 Å². The molecule has 1 amide bonds. The Morgan fingerprint density at radius 1 is 0.966 bits per heavy atom. The first kappa shape index (κ1) is 20.8. The molecule has 152 valence electrons. The topological polar surface area (TPSA) is 50.2 Å². The van der Waals surface area contributed by atoms with Crippen LogP contribution in [0.2, 0.25) is 0 Å². The van der Waals surface area contributed by atoms with Crippen LogP contribution in [0.3, 0.4) is 0 Å². The number of nitrogens with one attached hydrogen (secondary N) is 1. The summed E-state index contributed by atoms with van der Waals surface area (Å²) in [6.45, 7) is 8.30. The van der Waals surface area contributed by atoms with Crippen LogP contribution in [0.15, 0.2) is 66.9 Å². The molecule has 1 heterocycles. The monoisotopic (exact) mass is 390 g/mol. The number of hydrogen-bond donors (Lipinski definition) is 1. The van der Waals surface area contributed by atoms with E-state index in [1.54, 1.807) is 4.68 Å². The lowest BCUT2D eigenvalue weighted by molar-refractivity contribution is -0.121. The van der Waals surface area contributed by atoms with Crippen LogP contribution in [0.5, 0.6) is 0 Å². The van der Waals surface area contributed by atoms with Crippen LogP contribution >= 0.6 is 0 Å². The fourth-order valence-electron chi connectivity index (χ4n) is 3.50. The van der Waals surface area contributed by atoms with Crippen LogP contribution in [0.25, 0.3) is 22.4 Å². The van der Waals surface area contributed by atoms with Gasteiger partial charge in [-0.05, 0) is 31.6 Å². The molecule has 1 aromatic heterocycles. The fourth-order valence-corrected chi connectivity index (χ4v) is 3.50. The van der Waals surface area contributed by atoms with Gasteiger partial charge in [0.05, 0.1) is 11.9 Å². The van der Waals surface area contributed by atoms with Crippen molar-refractivity contribution in [1.82, 2.24) is 20.0 Å². The molecule has 0 aliphatic rings. The molecule has 0 unspecified atom stereocenters. The molecule has 0 radical (unpaired) electrons. The molecular formula is C24H30N4O. The highest BCUT2D eigenvalue weighted by Crippen LogP contribution is 2.31. The van der Waals surface area contributed by atoms with Crippen molar-refractivity contribution < 1.29 is 4.79 Å². The second-order valence-electron chi connectivity index (χ2n) is 7.03. The smallest absolute Gasteiger partial charge is 0.241 e. The Balaban J connectivity index is 1.72. The second-order valence-corrected chi connectivity index (χ2v) is 7.03. The summed E-state index contributed by atoms with van der Waals surface area (Å²) in [7, 11) is 0. The van der Waals surface area contributed by atoms with E-state index in [1.165, 1.54) is 0 Å². The molecule has 0 atom stereocenters. The Bertz CT molecular complexity index is 886. The first-order valence-electron chi connectivity index (χ1n) is 10.4. The Labute approximate surface area is 173 Å². The summed E-state index contributed by atoms with van der Waals surface area (Å²) in [4.78, 5) is 14.9. The molecule has 0 aliphatic carbocycles. The van der Waals surface area contributed by atoms with Crippen LogP contribution in [0, 0.1) is 0 Å². The first-order valence-corrected chi connectivity index (χ1v) is 10.4. The summed E-state index contributed by atoms with van der Waals surface area (Å²) in [6, 6.07) is 20.3. The van der Waals surface area contributed by atoms with Crippen molar-refractivity contribution in [3.63, 3.8) is 0 Å². The number of aromatic nitrogens is 2. The van der Waals surface area contributed by atoms with Crippen molar-refractivity contribution in [2.24, 2.45) is 0 Å². The maximum absolute atomic E-state index is 12.5. The Morgan fingerprint density at radius 3 is 2.21 bits per heavy atom. The van der Waals surface area contributed by atoms with E-state index >= 15 is 0 Å². The van der Waals surface area contributed by atoms with Crippen molar-refractivity contribution in [3.8, 4) is 22.4 Å². The van der Waals surface area contributed by atoms with E-state index in [0.717, 1.165) is 48.4 Å². The van der Waals surface area contributed by atoms with Crippen molar-refractivity contribution in [2.75, 3.05) is 26.2 Å². The van der Waals surface area contributed by atoms with Gasteiger partial charge in [0.1, 0.15) is 6.54 Å². The number of amides is 1. The van der Waals surface area contributed by atoms with Crippen molar-refractivity contribution in [2.45, 2.75) is 26.8 Å². The predicted octanol–water partition coefficient (Wildman–Crippen LogP) is 4.07. The minimum atomic E-state index is -0.00978. The zero-order valence-corrected chi connectivity index (χ0v) is 17.3. The van der Waals surface area contributed by atoms with E-state index in [4.69, 9.17) is 0 Å². The van der Waals surface area contributed by atoms with Crippen LogP contribution in [-0.2, 0) is 11.3 Å². The lowest BCUT2D eigenvalue weighted by atomic mass is 10.0. The Kier molecular flexibility index (Phi) is 7.59. The Morgan fingerprint density at radius 2 is 1.59 bits per heavy atom. The molecule has 5 heteroatoms. The number of hydrogen-bond acceptors (Lipinski definition) is 3. The van der Waals surface area contributed by atoms with Gasteiger partial charge in [-0.3, -0.25) is 9.48 Å². The number of nitrogens with zero attached hydrogens (tertiary/aromatic N) is 3. The standard InChI is InChI=1S/C24H30N4O/c1-3-27(4-2)17-11-16-25-23(29)19-28-24(21-14-9-6-10-15-21)22(18-26-28)20-12-7-5-8-13-20/h5-10,12-15,18H,3-4,11,16-17,19H2,1-2H3,(H,25,29). The van der Waals surface area contributed by atoms with E-state index in [9.17, 15) is 4.79 Å². The van der Waals surface area contributed by atoms with E-state index < -0.39 is 0 Å². The molecule has 0 bridgehead atoms. The first-order chi connectivity index (χ1) is 14.2. The van der Waals surface area contributed by atoms with Gasteiger partial charge in [0.25, 0.3) is 0 Å². The van der Waals surface area contributed by atoms with E-state index in [0.29, 0.717) is 6.54 Å². The van der Waals surface area contributed by atoms with Gasteiger partial charge in [-0.25, -0.2) is 0 Å². The largest absolute Gasteiger partial charge is 0.354 e. The van der Waals surface area contributed by atoms with Crippen LogP contribution in [-0.4, -0.2) is 46.8 Å². The van der Waals surface area contributed by atoms with Gasteiger partial charge < -0.3 is 10.2 Å². The van der Waals surface area contributed by atoms with Gasteiger partial charge in [-0.15, -0.1) is 0 Å². The van der Waals surface area contributed by atoms with Crippen LogP contribution in [0.1, 0.15) is 20.3 Å². The molecule has 0 spiro atoms. The maximum atomic E-state index is 12.5. The summed E-state index contributed by atoms with van der Waals surface area (Å²) in [5.41, 5.74) is 4.15. The summed E-state index contributed by atoms with van der Waals surface area (Å²) in [5, 5.41) is 7.58. The third-order valence-corrected chi connectivity index (χ3v) is 5.13. The third kappa shape index (κ3) is 5.55. The van der Waals surface area contributed by atoms with Crippen LogP contribution in [0.4, 0.5) is 0 Å². The highest BCUT2D eigenvalue weighted by molar-refractivity contribution is 5.82. The number of benzene rings is 2. The summed E-state index contributed by atoms with van der Waals surface area (Å²) < 4.78 is 1.80. The highest BCUT2D eigenvalue weighted by atomic mass is 16.2. The highest BCUT2D eigenvalue weighted by Gasteiger charge is 2.16. The summed E-state index contributed by atoms with van der Waals surface area (Å²) in [5.74, 6) is -0.00978. The molecule has 3 aromatic rings. The van der Waals surface area contributed by atoms with Gasteiger partial charge in [0.15, 0.2) is 0 Å². The molecule has 5 nitrogen and oxygen atoms in total. The van der Waals surface area contributed by atoms with Gasteiger partial charge in [-0.1, -0.05) is 74.5 Å². The quantitative estimate of drug-likeness (QED) is 0.531. The number of carbonyl (C=O) groups excluding carboxylic acids is 1. The van der Waals surface area contributed by atoms with Gasteiger partial charge >= 0.3 is 0 Å². The summed E-state index contributed by atoms with van der Waals surface area (Å²) >= 11 is 0. The molecule has 29 heavy (non-hydrogen) atoms. The normalized spacial score (nSPS) is 11.0. The summed E-state index contributed by atoms with van der Waals surface area (Å²) in [6.07, 6.45) is 2.80. The van der Waals surface area contributed by atoms with E-state index in [2.05, 4.69) is 53.4 Å². The van der Waals surface area contributed by atoms with Crippen molar-refractivity contribution in [3.05, 3.63) is 66.9 Å². The number of carbonyl (C=O) groups is 1. The third-order valence-electron chi connectivity index (χ3n) is 5.13. The lowest BCUT2D eigenvalue weighted by Gasteiger charge is -2.17. The molecule has 0 aliphatic heterocycles. The van der Waals surface area contributed by atoms with Gasteiger partial charge in [-0.2, -0.15) is 5.10 Å². The van der Waals surface area contributed by atoms with Crippen molar-refractivity contribution in [1.29, 1.82) is 0 Å². The zero-order chi connectivity index (χ0) is 20.5. The lowest BCUT2D eigenvalue weighted by Crippen LogP contribution is -2.32.